The van der Waals surface area contributed by atoms with Crippen molar-refractivity contribution in [3.63, 3.8) is 0 Å². The highest BCUT2D eigenvalue weighted by molar-refractivity contribution is 5.68. The lowest BCUT2D eigenvalue weighted by molar-refractivity contribution is -0.138. The van der Waals surface area contributed by atoms with Crippen LogP contribution in [0.3, 0.4) is 0 Å². The number of halogens is 1. The van der Waals surface area contributed by atoms with Crippen LogP contribution in [0.4, 0.5) is 4.39 Å². The van der Waals surface area contributed by atoms with Gasteiger partial charge in [0.15, 0.2) is 0 Å². The van der Waals surface area contributed by atoms with Gasteiger partial charge < -0.3 is 9.84 Å². The summed E-state index contributed by atoms with van der Waals surface area (Å²) in [6.07, 6.45) is 3.18. The first kappa shape index (κ1) is 12.9. The third kappa shape index (κ3) is 2.63. The molecule has 4 heteroatoms. The highest BCUT2D eigenvalue weighted by Gasteiger charge is 2.32. The standard InChI is InChI=1S/C14H17FO3/c1-18-13-6-5-10(15)7-12(13)11(8-14(16)17)9-3-2-4-9/h5-7,9,11H,2-4,8H2,1H3,(H,16,17). The predicted octanol–water partition coefficient (Wildman–Crippen LogP) is 3.19. The number of ether oxygens (including phenoxy) is 1. The van der Waals surface area contributed by atoms with Crippen LogP contribution in [0.2, 0.25) is 0 Å². The van der Waals surface area contributed by atoms with Crippen LogP contribution in [0, 0.1) is 11.7 Å². The molecule has 1 aliphatic rings. The fourth-order valence-electron chi connectivity index (χ4n) is 2.56. The normalized spacial score (nSPS) is 17.0. The first-order valence-electron chi connectivity index (χ1n) is 6.17. The number of carbonyl (C=O) groups is 1. The molecule has 18 heavy (non-hydrogen) atoms. The van der Waals surface area contributed by atoms with Crippen molar-refractivity contribution in [2.45, 2.75) is 31.6 Å². The summed E-state index contributed by atoms with van der Waals surface area (Å²) in [7, 11) is 1.52. The Morgan fingerprint density at radius 2 is 2.28 bits per heavy atom. The molecule has 0 saturated heterocycles. The third-order valence-electron chi connectivity index (χ3n) is 3.70. The Labute approximate surface area is 106 Å². The lowest BCUT2D eigenvalue weighted by Gasteiger charge is -2.34. The van der Waals surface area contributed by atoms with Crippen LogP contribution in [0.15, 0.2) is 18.2 Å². The van der Waals surface area contributed by atoms with Gasteiger partial charge >= 0.3 is 5.97 Å². The number of carboxylic acids is 1. The number of benzene rings is 1. The van der Waals surface area contributed by atoms with E-state index in [1.165, 1.54) is 19.2 Å². The Hall–Kier alpha value is -1.58. The summed E-state index contributed by atoms with van der Waals surface area (Å²) >= 11 is 0. The summed E-state index contributed by atoms with van der Waals surface area (Å²) in [5.41, 5.74) is 0.685. The van der Waals surface area contributed by atoms with E-state index in [2.05, 4.69) is 0 Å². The van der Waals surface area contributed by atoms with E-state index in [4.69, 9.17) is 9.84 Å². The molecule has 1 fully saturated rings. The maximum Gasteiger partial charge on any atom is 0.303 e. The van der Waals surface area contributed by atoms with E-state index < -0.39 is 5.97 Å². The lowest BCUT2D eigenvalue weighted by Crippen LogP contribution is -2.23. The van der Waals surface area contributed by atoms with Gasteiger partial charge in [-0.2, -0.15) is 0 Å². The van der Waals surface area contributed by atoms with Gasteiger partial charge in [0, 0.05) is 11.5 Å². The van der Waals surface area contributed by atoms with Crippen LogP contribution >= 0.6 is 0 Å². The van der Waals surface area contributed by atoms with E-state index in [0.29, 0.717) is 17.2 Å². The summed E-state index contributed by atoms with van der Waals surface area (Å²) in [4.78, 5) is 11.0. The molecule has 0 heterocycles. The monoisotopic (exact) mass is 252 g/mol. The third-order valence-corrected chi connectivity index (χ3v) is 3.70. The smallest absolute Gasteiger partial charge is 0.303 e. The van der Waals surface area contributed by atoms with Gasteiger partial charge in [0.05, 0.1) is 13.5 Å². The highest BCUT2D eigenvalue weighted by atomic mass is 19.1. The zero-order valence-corrected chi connectivity index (χ0v) is 10.4. The molecular weight excluding hydrogens is 235 g/mol. The highest BCUT2D eigenvalue weighted by Crippen LogP contribution is 2.44. The molecule has 1 aromatic carbocycles. The van der Waals surface area contributed by atoms with Gasteiger partial charge in [-0.25, -0.2) is 4.39 Å². The van der Waals surface area contributed by atoms with Gasteiger partial charge in [-0.05, 0) is 37.0 Å². The zero-order chi connectivity index (χ0) is 13.1. The maximum absolute atomic E-state index is 13.4. The fraction of sp³-hybridized carbons (Fsp3) is 0.500. The maximum atomic E-state index is 13.4. The summed E-state index contributed by atoms with van der Waals surface area (Å²) in [6, 6.07) is 4.31. The Kier molecular flexibility index (Phi) is 3.84. The van der Waals surface area contributed by atoms with Crippen molar-refractivity contribution in [1.29, 1.82) is 0 Å². The van der Waals surface area contributed by atoms with Crippen molar-refractivity contribution in [1.82, 2.24) is 0 Å². The Bertz CT molecular complexity index is 441. The number of methoxy groups -OCH3 is 1. The largest absolute Gasteiger partial charge is 0.496 e. The molecule has 3 nitrogen and oxygen atoms in total. The average molecular weight is 252 g/mol. The molecule has 1 saturated carbocycles. The molecule has 1 N–H and O–H groups in total. The van der Waals surface area contributed by atoms with Crippen molar-refractivity contribution in [2.24, 2.45) is 5.92 Å². The van der Waals surface area contributed by atoms with Crippen molar-refractivity contribution in [2.75, 3.05) is 7.11 Å². The van der Waals surface area contributed by atoms with Gasteiger partial charge in [-0.15, -0.1) is 0 Å². The second kappa shape index (κ2) is 5.38. The van der Waals surface area contributed by atoms with Crippen LogP contribution in [0.1, 0.15) is 37.2 Å². The molecule has 0 bridgehead atoms. The molecule has 0 spiro atoms. The SMILES string of the molecule is COc1ccc(F)cc1C(CC(=O)O)C1CCC1. The van der Waals surface area contributed by atoms with Crippen molar-refractivity contribution >= 4 is 5.97 Å². The molecule has 1 aromatic rings. The van der Waals surface area contributed by atoms with Crippen LogP contribution in [0.25, 0.3) is 0 Å². The number of aliphatic carboxylic acids is 1. The molecule has 1 atom stereocenters. The molecule has 0 radical (unpaired) electrons. The quantitative estimate of drug-likeness (QED) is 0.875. The molecular formula is C14H17FO3. The van der Waals surface area contributed by atoms with Crippen LogP contribution in [-0.4, -0.2) is 18.2 Å². The van der Waals surface area contributed by atoms with E-state index in [9.17, 15) is 9.18 Å². The number of hydrogen-bond donors (Lipinski definition) is 1. The van der Waals surface area contributed by atoms with Crippen LogP contribution in [-0.2, 0) is 4.79 Å². The van der Waals surface area contributed by atoms with E-state index in [-0.39, 0.29) is 18.2 Å². The van der Waals surface area contributed by atoms with E-state index in [1.54, 1.807) is 6.07 Å². The summed E-state index contributed by atoms with van der Waals surface area (Å²) in [5.74, 6) is -0.438. The van der Waals surface area contributed by atoms with Gasteiger partial charge in [0.1, 0.15) is 11.6 Å². The molecule has 0 aliphatic heterocycles. The Morgan fingerprint density at radius 3 is 2.78 bits per heavy atom. The van der Waals surface area contributed by atoms with Crippen LogP contribution in [0.5, 0.6) is 5.75 Å². The zero-order valence-electron chi connectivity index (χ0n) is 10.4. The van der Waals surface area contributed by atoms with E-state index in [1.807, 2.05) is 0 Å². The summed E-state index contributed by atoms with van der Waals surface area (Å²) in [5, 5.41) is 9.01. The topological polar surface area (TPSA) is 46.5 Å². The predicted molar refractivity (Wildman–Crippen MR) is 65.3 cm³/mol. The minimum atomic E-state index is -0.849. The lowest BCUT2D eigenvalue weighted by atomic mass is 9.71. The molecule has 0 aromatic heterocycles. The van der Waals surface area contributed by atoms with Crippen molar-refractivity contribution in [3.05, 3.63) is 29.6 Å². The van der Waals surface area contributed by atoms with Gasteiger partial charge in [0.25, 0.3) is 0 Å². The first-order chi connectivity index (χ1) is 8.61. The molecule has 2 rings (SSSR count). The summed E-state index contributed by atoms with van der Waals surface area (Å²) in [6.45, 7) is 0. The molecule has 98 valence electrons. The fourth-order valence-corrected chi connectivity index (χ4v) is 2.56. The second-order valence-corrected chi connectivity index (χ2v) is 4.78. The van der Waals surface area contributed by atoms with Crippen molar-refractivity contribution < 1.29 is 19.0 Å². The van der Waals surface area contributed by atoms with Crippen molar-refractivity contribution in [3.8, 4) is 5.75 Å². The number of hydrogen-bond acceptors (Lipinski definition) is 2. The summed E-state index contributed by atoms with van der Waals surface area (Å²) < 4.78 is 18.6. The Balaban J connectivity index is 2.33. The first-order valence-corrected chi connectivity index (χ1v) is 6.17. The Morgan fingerprint density at radius 1 is 1.56 bits per heavy atom. The van der Waals surface area contributed by atoms with E-state index in [0.717, 1.165) is 19.3 Å². The van der Waals surface area contributed by atoms with Crippen LogP contribution < -0.4 is 4.74 Å². The second-order valence-electron chi connectivity index (χ2n) is 4.78. The molecule has 0 amide bonds. The number of rotatable bonds is 5. The van der Waals surface area contributed by atoms with E-state index >= 15 is 0 Å². The number of carboxylic acid groups (broad SMARTS) is 1. The minimum Gasteiger partial charge on any atom is -0.496 e. The van der Waals surface area contributed by atoms with Gasteiger partial charge in [-0.1, -0.05) is 6.42 Å². The van der Waals surface area contributed by atoms with Gasteiger partial charge in [0.2, 0.25) is 0 Å². The van der Waals surface area contributed by atoms with Gasteiger partial charge in [-0.3, -0.25) is 4.79 Å². The minimum absolute atomic E-state index is 0.0322. The molecule has 1 unspecified atom stereocenters. The molecule has 1 aliphatic carbocycles. The average Bonchev–Trinajstić information content (AvgIpc) is 2.25.